The van der Waals surface area contributed by atoms with Crippen LogP contribution in [0, 0.1) is 11.6 Å². The number of thiazole rings is 1. The summed E-state index contributed by atoms with van der Waals surface area (Å²) in [5.74, 6) is -1.52. The molecule has 1 amide bonds. The summed E-state index contributed by atoms with van der Waals surface area (Å²) >= 11 is 2.91. The Morgan fingerprint density at radius 1 is 1.26 bits per heavy atom. The van der Waals surface area contributed by atoms with Crippen LogP contribution >= 0.6 is 22.7 Å². The molecule has 0 radical (unpaired) electrons. The van der Waals surface area contributed by atoms with Gasteiger partial charge in [0.1, 0.15) is 22.3 Å². The van der Waals surface area contributed by atoms with Crippen LogP contribution in [0.1, 0.15) is 29.0 Å². The van der Waals surface area contributed by atoms with Crippen molar-refractivity contribution in [2.45, 2.75) is 13.0 Å². The van der Waals surface area contributed by atoms with Crippen molar-refractivity contribution >= 4 is 28.6 Å². The zero-order valence-corrected chi connectivity index (χ0v) is 13.7. The van der Waals surface area contributed by atoms with Crippen LogP contribution in [0.4, 0.5) is 8.78 Å². The minimum Gasteiger partial charge on any atom is -0.344 e. The fourth-order valence-corrected chi connectivity index (χ4v) is 3.70. The van der Waals surface area contributed by atoms with Gasteiger partial charge in [0.2, 0.25) is 0 Å². The molecular weight excluding hydrogens is 338 g/mol. The number of hydrogen-bond donors (Lipinski definition) is 1. The molecule has 0 saturated heterocycles. The van der Waals surface area contributed by atoms with Crippen molar-refractivity contribution in [3.05, 3.63) is 64.0 Å². The molecule has 1 N–H and O–H groups in total. The molecule has 0 bridgehead atoms. The summed E-state index contributed by atoms with van der Waals surface area (Å²) in [7, 11) is 0. The molecule has 0 saturated carbocycles. The number of carbonyl (C=O) groups is 1. The maximum Gasteiger partial charge on any atom is 0.271 e. The first-order valence-corrected chi connectivity index (χ1v) is 8.56. The molecule has 118 valence electrons. The van der Waals surface area contributed by atoms with Crippen molar-refractivity contribution in [1.82, 2.24) is 10.3 Å². The first-order chi connectivity index (χ1) is 11.0. The van der Waals surface area contributed by atoms with E-state index in [9.17, 15) is 13.6 Å². The summed E-state index contributed by atoms with van der Waals surface area (Å²) in [4.78, 5) is 17.5. The van der Waals surface area contributed by atoms with Gasteiger partial charge in [0.25, 0.3) is 5.91 Å². The van der Waals surface area contributed by atoms with Gasteiger partial charge >= 0.3 is 0 Å². The van der Waals surface area contributed by atoms with E-state index >= 15 is 0 Å². The molecule has 0 aliphatic heterocycles. The quantitative estimate of drug-likeness (QED) is 0.745. The third-order valence-electron chi connectivity index (χ3n) is 3.24. The minimum atomic E-state index is -0.662. The summed E-state index contributed by atoms with van der Waals surface area (Å²) in [5, 5.41) is 6.99. The van der Waals surface area contributed by atoms with E-state index in [2.05, 4.69) is 10.3 Å². The Morgan fingerprint density at radius 2 is 2.09 bits per heavy atom. The van der Waals surface area contributed by atoms with Crippen LogP contribution in [-0.4, -0.2) is 10.9 Å². The standard InChI is InChI=1S/C16H12F2N2OS2/c1-9(11-7-10(17)4-5-12(11)18)19-15(21)13-8-23-16(20-13)14-3-2-6-22-14/h2-9H,1H3,(H,19,21). The molecule has 23 heavy (non-hydrogen) atoms. The van der Waals surface area contributed by atoms with Crippen LogP contribution in [0.2, 0.25) is 0 Å². The maximum absolute atomic E-state index is 13.7. The average molecular weight is 350 g/mol. The number of carbonyl (C=O) groups excluding carboxylic acids is 1. The fourth-order valence-electron chi connectivity index (χ4n) is 2.09. The van der Waals surface area contributed by atoms with Gasteiger partial charge in [-0.05, 0) is 36.6 Å². The molecule has 2 heterocycles. The Hall–Kier alpha value is -2.12. The molecule has 7 heteroatoms. The van der Waals surface area contributed by atoms with Crippen molar-refractivity contribution in [1.29, 1.82) is 0 Å². The van der Waals surface area contributed by atoms with Gasteiger partial charge in [-0.3, -0.25) is 4.79 Å². The predicted molar refractivity (Wildman–Crippen MR) is 87.7 cm³/mol. The topological polar surface area (TPSA) is 42.0 Å². The molecule has 3 aromatic rings. The molecule has 2 aromatic heterocycles. The molecule has 3 nitrogen and oxygen atoms in total. The molecular formula is C16H12F2N2OS2. The van der Waals surface area contributed by atoms with Gasteiger partial charge in [-0.1, -0.05) is 6.07 Å². The van der Waals surface area contributed by atoms with E-state index in [0.29, 0.717) is 0 Å². The van der Waals surface area contributed by atoms with Crippen LogP contribution in [0.25, 0.3) is 9.88 Å². The number of halogens is 2. The van der Waals surface area contributed by atoms with Gasteiger partial charge in [-0.2, -0.15) is 0 Å². The van der Waals surface area contributed by atoms with Gasteiger partial charge in [-0.25, -0.2) is 13.8 Å². The van der Waals surface area contributed by atoms with Crippen LogP contribution in [0.5, 0.6) is 0 Å². The lowest BCUT2D eigenvalue weighted by atomic mass is 10.1. The SMILES string of the molecule is CC(NC(=O)c1csc(-c2cccs2)n1)c1cc(F)ccc1F. The highest BCUT2D eigenvalue weighted by atomic mass is 32.1. The number of hydrogen-bond acceptors (Lipinski definition) is 4. The monoisotopic (exact) mass is 350 g/mol. The summed E-state index contributed by atoms with van der Waals surface area (Å²) in [5.41, 5.74) is 0.370. The number of aromatic nitrogens is 1. The van der Waals surface area contributed by atoms with Crippen LogP contribution < -0.4 is 5.32 Å². The van der Waals surface area contributed by atoms with Crippen molar-refractivity contribution in [2.24, 2.45) is 0 Å². The van der Waals surface area contributed by atoms with Gasteiger partial charge in [-0.15, -0.1) is 22.7 Å². The molecule has 0 aliphatic rings. The molecule has 3 rings (SSSR count). The number of nitrogens with zero attached hydrogens (tertiary/aromatic N) is 1. The van der Waals surface area contributed by atoms with Gasteiger partial charge < -0.3 is 5.32 Å². The smallest absolute Gasteiger partial charge is 0.271 e. The number of amides is 1. The van der Waals surface area contributed by atoms with Crippen molar-refractivity contribution in [2.75, 3.05) is 0 Å². The lowest BCUT2D eigenvalue weighted by Gasteiger charge is -2.14. The normalized spacial score (nSPS) is 12.1. The van der Waals surface area contributed by atoms with E-state index in [4.69, 9.17) is 0 Å². The molecule has 0 spiro atoms. The Kier molecular flexibility index (Phi) is 4.49. The number of benzene rings is 1. The van der Waals surface area contributed by atoms with Crippen LogP contribution in [0.3, 0.4) is 0 Å². The highest BCUT2D eigenvalue weighted by Crippen LogP contribution is 2.28. The molecule has 1 unspecified atom stereocenters. The highest BCUT2D eigenvalue weighted by molar-refractivity contribution is 7.20. The van der Waals surface area contributed by atoms with E-state index in [1.165, 1.54) is 11.3 Å². The lowest BCUT2D eigenvalue weighted by molar-refractivity contribution is 0.0935. The Balaban J connectivity index is 1.75. The second kappa shape index (κ2) is 6.55. The predicted octanol–water partition coefficient (Wildman–Crippen LogP) is 4.64. The van der Waals surface area contributed by atoms with E-state index < -0.39 is 23.6 Å². The van der Waals surface area contributed by atoms with Crippen molar-refractivity contribution in [3.63, 3.8) is 0 Å². The second-order valence-corrected chi connectivity index (χ2v) is 6.68. The first kappa shape index (κ1) is 15.8. The highest BCUT2D eigenvalue weighted by Gasteiger charge is 2.18. The van der Waals surface area contributed by atoms with Gasteiger partial charge in [0.15, 0.2) is 0 Å². The zero-order valence-electron chi connectivity index (χ0n) is 12.0. The Bertz CT molecular complexity index is 830. The maximum atomic E-state index is 13.7. The number of rotatable bonds is 4. The molecule has 1 aromatic carbocycles. The van der Waals surface area contributed by atoms with E-state index in [1.807, 2.05) is 17.5 Å². The molecule has 1 atom stereocenters. The van der Waals surface area contributed by atoms with E-state index in [-0.39, 0.29) is 11.3 Å². The summed E-state index contributed by atoms with van der Waals surface area (Å²) in [6, 6.07) is 6.35. The third kappa shape index (κ3) is 3.46. The Labute approximate surface area is 139 Å². The van der Waals surface area contributed by atoms with E-state index in [1.54, 1.807) is 23.6 Å². The second-order valence-electron chi connectivity index (χ2n) is 4.88. The van der Waals surface area contributed by atoms with E-state index in [0.717, 1.165) is 28.1 Å². The largest absolute Gasteiger partial charge is 0.344 e. The summed E-state index contributed by atoms with van der Waals surface area (Å²) in [6.45, 7) is 1.60. The summed E-state index contributed by atoms with van der Waals surface area (Å²) in [6.07, 6.45) is 0. The summed E-state index contributed by atoms with van der Waals surface area (Å²) < 4.78 is 27.0. The Morgan fingerprint density at radius 3 is 2.83 bits per heavy atom. The van der Waals surface area contributed by atoms with Gasteiger partial charge in [0.05, 0.1) is 10.9 Å². The van der Waals surface area contributed by atoms with Crippen LogP contribution in [0.15, 0.2) is 41.1 Å². The van der Waals surface area contributed by atoms with Crippen LogP contribution in [-0.2, 0) is 0 Å². The third-order valence-corrected chi connectivity index (χ3v) is 5.12. The molecule has 0 aliphatic carbocycles. The zero-order chi connectivity index (χ0) is 16.4. The molecule has 0 fully saturated rings. The lowest BCUT2D eigenvalue weighted by Crippen LogP contribution is -2.27. The fraction of sp³-hybridized carbons (Fsp3) is 0.125. The van der Waals surface area contributed by atoms with Crippen molar-refractivity contribution < 1.29 is 13.6 Å². The first-order valence-electron chi connectivity index (χ1n) is 6.80. The average Bonchev–Trinajstić information content (AvgIpc) is 3.19. The number of thiophene rings is 1. The minimum absolute atomic E-state index is 0.104. The van der Waals surface area contributed by atoms with Crippen molar-refractivity contribution in [3.8, 4) is 9.88 Å². The number of nitrogens with one attached hydrogen (secondary N) is 1. The van der Waals surface area contributed by atoms with Gasteiger partial charge in [0, 0.05) is 10.9 Å².